The Morgan fingerprint density at radius 3 is 1.65 bits per heavy atom. The topological polar surface area (TPSA) is 46.6 Å². The van der Waals surface area contributed by atoms with Gasteiger partial charge in [-0.25, -0.2) is 4.79 Å². The van der Waals surface area contributed by atoms with Crippen molar-refractivity contribution in [2.75, 3.05) is 12.0 Å². The van der Waals surface area contributed by atoms with Gasteiger partial charge in [-0.2, -0.15) is 0 Å². The van der Waals surface area contributed by atoms with Gasteiger partial charge in [0.05, 0.1) is 18.5 Å². The molecular weight excluding hydrogens is 290 g/mol. The Bertz CT molecular complexity index is 714. The fourth-order valence-corrected chi connectivity index (χ4v) is 2.45. The van der Waals surface area contributed by atoms with Gasteiger partial charge in [0.1, 0.15) is 0 Å². The number of methoxy groups -OCH3 is 1. The molecule has 0 saturated heterocycles. The summed E-state index contributed by atoms with van der Waals surface area (Å²) in [7, 11) is 1.21. The fourth-order valence-electron chi connectivity index (χ4n) is 2.45. The normalized spacial score (nSPS) is 10.3. The van der Waals surface area contributed by atoms with Gasteiger partial charge in [-0.1, -0.05) is 24.3 Å². The van der Waals surface area contributed by atoms with Gasteiger partial charge in [0.15, 0.2) is 0 Å². The van der Waals surface area contributed by atoms with Crippen LogP contribution in [0.5, 0.6) is 0 Å². The summed E-state index contributed by atoms with van der Waals surface area (Å²) in [6.07, 6.45) is 0. The number of aryl methyl sites for hydroxylation is 4. The lowest BCUT2D eigenvalue weighted by Crippen LogP contribution is -2.34. The fraction of sp³-hybridized carbons (Fsp3) is 0.263. The summed E-state index contributed by atoms with van der Waals surface area (Å²) in [5, 5.41) is 0. The van der Waals surface area contributed by atoms with E-state index in [0.717, 1.165) is 22.3 Å². The molecule has 120 valence electrons. The Labute approximate surface area is 136 Å². The third-order valence-electron chi connectivity index (χ3n) is 3.77. The monoisotopic (exact) mass is 311 g/mol. The number of benzene rings is 2. The quantitative estimate of drug-likeness (QED) is 0.627. The molecule has 0 aliphatic rings. The maximum atomic E-state index is 12.7. The highest BCUT2D eigenvalue weighted by Gasteiger charge is 2.28. The molecule has 0 aliphatic heterocycles. The molecule has 2 aromatic carbocycles. The zero-order valence-corrected chi connectivity index (χ0v) is 14.1. The van der Waals surface area contributed by atoms with Crippen LogP contribution in [0.1, 0.15) is 22.3 Å². The molecule has 4 heteroatoms. The van der Waals surface area contributed by atoms with Gasteiger partial charge in [0.25, 0.3) is 0 Å². The van der Waals surface area contributed by atoms with Crippen molar-refractivity contribution in [2.24, 2.45) is 0 Å². The second-order valence-corrected chi connectivity index (χ2v) is 5.71. The smallest absolute Gasteiger partial charge is 0.397 e. The molecule has 0 saturated carbocycles. The van der Waals surface area contributed by atoms with E-state index in [0.29, 0.717) is 11.4 Å². The van der Waals surface area contributed by atoms with E-state index >= 15 is 0 Å². The van der Waals surface area contributed by atoms with Crippen LogP contribution in [0.2, 0.25) is 0 Å². The van der Waals surface area contributed by atoms with Crippen LogP contribution < -0.4 is 4.90 Å². The van der Waals surface area contributed by atoms with Crippen LogP contribution >= 0.6 is 0 Å². The lowest BCUT2D eigenvalue weighted by molar-refractivity contribution is -0.151. The van der Waals surface area contributed by atoms with Crippen molar-refractivity contribution in [3.63, 3.8) is 0 Å². The van der Waals surface area contributed by atoms with Gasteiger partial charge in [0.2, 0.25) is 0 Å². The number of hydrogen-bond acceptors (Lipinski definition) is 3. The highest BCUT2D eigenvalue weighted by Crippen LogP contribution is 2.32. The average Bonchev–Trinajstić information content (AvgIpc) is 2.53. The minimum absolute atomic E-state index is 0.689. The summed E-state index contributed by atoms with van der Waals surface area (Å²) < 4.78 is 4.65. The third-order valence-corrected chi connectivity index (χ3v) is 3.77. The zero-order valence-electron chi connectivity index (χ0n) is 14.1. The van der Waals surface area contributed by atoms with E-state index in [2.05, 4.69) is 4.74 Å². The molecule has 2 rings (SSSR count). The van der Waals surface area contributed by atoms with E-state index in [9.17, 15) is 9.59 Å². The van der Waals surface area contributed by atoms with E-state index in [1.54, 1.807) is 0 Å². The van der Waals surface area contributed by atoms with Gasteiger partial charge in [-0.3, -0.25) is 9.69 Å². The molecule has 0 spiro atoms. The number of ether oxygens (including phenoxy) is 1. The van der Waals surface area contributed by atoms with Crippen molar-refractivity contribution < 1.29 is 14.3 Å². The number of rotatable bonds is 2. The van der Waals surface area contributed by atoms with Crippen LogP contribution in [0.4, 0.5) is 11.4 Å². The van der Waals surface area contributed by atoms with Crippen molar-refractivity contribution in [1.29, 1.82) is 0 Å². The lowest BCUT2D eigenvalue weighted by Gasteiger charge is -2.26. The first-order chi connectivity index (χ1) is 10.8. The predicted octanol–water partition coefficient (Wildman–Crippen LogP) is 3.76. The minimum atomic E-state index is -0.883. The van der Waals surface area contributed by atoms with Crippen molar-refractivity contribution in [1.82, 2.24) is 0 Å². The van der Waals surface area contributed by atoms with E-state index in [-0.39, 0.29) is 0 Å². The molecule has 0 atom stereocenters. The number of anilines is 2. The lowest BCUT2D eigenvalue weighted by atomic mass is 10.1. The molecule has 0 fully saturated rings. The van der Waals surface area contributed by atoms with Gasteiger partial charge in [-0.15, -0.1) is 0 Å². The van der Waals surface area contributed by atoms with Crippen molar-refractivity contribution in [2.45, 2.75) is 27.7 Å². The van der Waals surface area contributed by atoms with Gasteiger partial charge >= 0.3 is 11.9 Å². The largest absolute Gasteiger partial charge is 0.462 e. The molecule has 0 unspecified atom stereocenters. The number of hydrogen-bond donors (Lipinski definition) is 0. The maximum Gasteiger partial charge on any atom is 0.397 e. The van der Waals surface area contributed by atoms with Gasteiger partial charge < -0.3 is 4.74 Å². The second-order valence-electron chi connectivity index (χ2n) is 5.71. The van der Waals surface area contributed by atoms with Crippen LogP contribution in [0, 0.1) is 27.7 Å². The molecule has 0 aromatic heterocycles. The third kappa shape index (κ3) is 3.42. The summed E-state index contributed by atoms with van der Waals surface area (Å²) in [4.78, 5) is 26.0. The molecule has 0 radical (unpaired) electrons. The van der Waals surface area contributed by atoms with Crippen molar-refractivity contribution in [3.05, 3.63) is 58.7 Å². The molecule has 23 heavy (non-hydrogen) atoms. The molecule has 0 heterocycles. The average molecular weight is 311 g/mol. The van der Waals surface area contributed by atoms with E-state index in [4.69, 9.17) is 0 Å². The van der Waals surface area contributed by atoms with Crippen LogP contribution in [0.3, 0.4) is 0 Å². The van der Waals surface area contributed by atoms with Crippen LogP contribution in [-0.4, -0.2) is 19.0 Å². The standard InChI is InChI=1S/C19H21NO3/c1-12-6-8-14(3)16(10-12)20(18(21)19(22)23-5)17-11-13(2)7-9-15(17)4/h6-11H,1-5H3. The van der Waals surface area contributed by atoms with Crippen LogP contribution in [0.15, 0.2) is 36.4 Å². The number of carbonyl (C=O) groups is 2. The molecular formula is C19H21NO3. The van der Waals surface area contributed by atoms with Crippen LogP contribution in [-0.2, 0) is 14.3 Å². The Morgan fingerprint density at radius 2 is 1.26 bits per heavy atom. The summed E-state index contributed by atoms with van der Waals surface area (Å²) >= 11 is 0. The predicted molar refractivity (Wildman–Crippen MR) is 91.0 cm³/mol. The molecule has 4 nitrogen and oxygen atoms in total. The molecule has 0 N–H and O–H groups in total. The van der Waals surface area contributed by atoms with Crippen LogP contribution in [0.25, 0.3) is 0 Å². The van der Waals surface area contributed by atoms with Gasteiger partial charge in [0, 0.05) is 0 Å². The Balaban J connectivity index is 2.70. The first-order valence-electron chi connectivity index (χ1n) is 7.42. The summed E-state index contributed by atoms with van der Waals surface area (Å²) in [5.74, 6) is -1.58. The zero-order chi connectivity index (χ0) is 17.1. The minimum Gasteiger partial charge on any atom is -0.462 e. The summed E-state index contributed by atoms with van der Waals surface area (Å²) in [5.41, 5.74) is 5.22. The Morgan fingerprint density at radius 1 is 0.826 bits per heavy atom. The highest BCUT2D eigenvalue weighted by atomic mass is 16.5. The SMILES string of the molecule is COC(=O)C(=O)N(c1cc(C)ccc1C)c1cc(C)ccc1C. The van der Waals surface area contributed by atoms with E-state index < -0.39 is 11.9 Å². The Kier molecular flexibility index (Phi) is 4.84. The summed E-state index contributed by atoms with van der Waals surface area (Å²) in [6, 6.07) is 11.6. The van der Waals surface area contributed by atoms with Crippen molar-refractivity contribution in [3.8, 4) is 0 Å². The number of carbonyl (C=O) groups excluding carboxylic acids is 2. The first-order valence-corrected chi connectivity index (χ1v) is 7.42. The number of amides is 1. The van der Waals surface area contributed by atoms with E-state index in [1.807, 2.05) is 64.1 Å². The van der Waals surface area contributed by atoms with E-state index in [1.165, 1.54) is 12.0 Å². The Hall–Kier alpha value is -2.62. The summed E-state index contributed by atoms with van der Waals surface area (Å²) in [6.45, 7) is 7.73. The first kappa shape index (κ1) is 16.7. The molecule has 1 amide bonds. The maximum absolute atomic E-state index is 12.7. The number of nitrogens with zero attached hydrogens (tertiary/aromatic N) is 1. The van der Waals surface area contributed by atoms with Crippen molar-refractivity contribution >= 4 is 23.3 Å². The molecule has 0 bridgehead atoms. The second kappa shape index (κ2) is 6.65. The number of esters is 1. The molecule has 2 aromatic rings. The molecule has 0 aliphatic carbocycles. The highest BCUT2D eigenvalue weighted by molar-refractivity contribution is 6.40. The van der Waals surface area contributed by atoms with Gasteiger partial charge in [-0.05, 0) is 62.1 Å².